The Morgan fingerprint density at radius 1 is 1.57 bits per heavy atom. The third-order valence-corrected chi connectivity index (χ3v) is 2.98. The molecule has 0 aromatic heterocycles. The molecule has 1 aromatic rings. The molecular formula is C9H3ClINO2. The number of rotatable bonds is 2. The van der Waals surface area contributed by atoms with E-state index < -0.39 is 5.24 Å². The van der Waals surface area contributed by atoms with Crippen LogP contribution < -0.4 is 0 Å². The van der Waals surface area contributed by atoms with E-state index in [0.717, 1.165) is 0 Å². The van der Waals surface area contributed by atoms with Gasteiger partial charge in [0.2, 0.25) is 0 Å². The highest BCUT2D eigenvalue weighted by Gasteiger charge is 2.12. The Morgan fingerprint density at radius 3 is 2.64 bits per heavy atom. The summed E-state index contributed by atoms with van der Waals surface area (Å²) in [6, 6.07) is 4.63. The molecule has 0 spiro atoms. The van der Waals surface area contributed by atoms with E-state index in [1.165, 1.54) is 12.1 Å². The first kappa shape index (κ1) is 11.1. The van der Waals surface area contributed by atoms with Crippen LogP contribution in [0.3, 0.4) is 0 Å². The van der Waals surface area contributed by atoms with Crippen LogP contribution in [0.4, 0.5) is 0 Å². The quantitative estimate of drug-likeness (QED) is 0.478. The lowest BCUT2D eigenvalue weighted by molar-refractivity contribution is 0.108. The summed E-state index contributed by atoms with van der Waals surface area (Å²) in [7, 11) is 0. The van der Waals surface area contributed by atoms with Crippen LogP contribution in [0.2, 0.25) is 0 Å². The maximum atomic E-state index is 10.9. The van der Waals surface area contributed by atoms with Gasteiger partial charge in [0, 0.05) is 14.7 Å². The first-order valence-corrected chi connectivity index (χ1v) is 4.94. The van der Waals surface area contributed by atoms with E-state index in [9.17, 15) is 9.59 Å². The van der Waals surface area contributed by atoms with Crippen molar-refractivity contribution in [2.75, 3.05) is 0 Å². The largest absolute Gasteiger partial charge is 0.298 e. The maximum absolute atomic E-state index is 10.9. The summed E-state index contributed by atoms with van der Waals surface area (Å²) >= 11 is 7.14. The summed E-state index contributed by atoms with van der Waals surface area (Å²) < 4.78 is 0.469. The van der Waals surface area contributed by atoms with Crippen molar-refractivity contribution in [3.8, 4) is 6.07 Å². The maximum Gasteiger partial charge on any atom is 0.253 e. The molecule has 0 aliphatic rings. The second kappa shape index (κ2) is 4.53. The third kappa shape index (κ3) is 2.11. The third-order valence-electron chi connectivity index (χ3n) is 1.57. The molecule has 0 heterocycles. The molecule has 0 amide bonds. The first-order valence-electron chi connectivity index (χ1n) is 3.48. The van der Waals surface area contributed by atoms with Gasteiger partial charge in [-0.3, -0.25) is 9.59 Å². The average Bonchev–Trinajstić information content (AvgIpc) is 2.17. The number of nitriles is 1. The molecule has 5 heteroatoms. The predicted molar refractivity (Wildman–Crippen MR) is 59.4 cm³/mol. The molecule has 3 nitrogen and oxygen atoms in total. The summed E-state index contributed by atoms with van der Waals surface area (Å²) in [6.45, 7) is 0. The molecule has 0 saturated heterocycles. The highest BCUT2D eigenvalue weighted by Crippen LogP contribution is 2.20. The standard InChI is InChI=1S/C9H3ClINO2/c10-9(14)7-2-5(3-12)1-6(4-13)8(7)11/h1-2,4H. The van der Waals surface area contributed by atoms with Crippen molar-refractivity contribution in [3.63, 3.8) is 0 Å². The lowest BCUT2D eigenvalue weighted by Crippen LogP contribution is -1.99. The fourth-order valence-electron chi connectivity index (χ4n) is 0.940. The van der Waals surface area contributed by atoms with E-state index in [0.29, 0.717) is 15.4 Å². The molecule has 0 radical (unpaired) electrons. The molecule has 0 fully saturated rings. The van der Waals surface area contributed by atoms with Gasteiger partial charge in [-0.25, -0.2) is 0 Å². The zero-order valence-electron chi connectivity index (χ0n) is 6.75. The highest BCUT2D eigenvalue weighted by molar-refractivity contribution is 14.1. The number of benzene rings is 1. The summed E-state index contributed by atoms with van der Waals surface area (Å²) in [5.74, 6) is 0. The van der Waals surface area contributed by atoms with E-state index in [-0.39, 0.29) is 11.1 Å². The Morgan fingerprint density at radius 2 is 2.21 bits per heavy atom. The van der Waals surface area contributed by atoms with Crippen molar-refractivity contribution in [2.24, 2.45) is 0 Å². The van der Waals surface area contributed by atoms with E-state index in [1.807, 2.05) is 28.7 Å². The molecule has 70 valence electrons. The van der Waals surface area contributed by atoms with E-state index >= 15 is 0 Å². The monoisotopic (exact) mass is 319 g/mol. The molecule has 0 aliphatic heterocycles. The van der Waals surface area contributed by atoms with Crippen molar-refractivity contribution in [3.05, 3.63) is 32.4 Å². The molecule has 0 atom stereocenters. The van der Waals surface area contributed by atoms with E-state index in [2.05, 4.69) is 0 Å². The molecule has 14 heavy (non-hydrogen) atoms. The van der Waals surface area contributed by atoms with Gasteiger partial charge in [-0.05, 0) is 46.3 Å². The van der Waals surface area contributed by atoms with Gasteiger partial charge in [0.1, 0.15) is 0 Å². The first-order chi connectivity index (χ1) is 6.60. The molecule has 0 unspecified atom stereocenters. The number of halogens is 2. The van der Waals surface area contributed by atoms with E-state index in [1.54, 1.807) is 0 Å². The Bertz CT molecular complexity index is 451. The average molecular weight is 319 g/mol. The Balaban J connectivity index is 3.51. The number of hydrogen-bond acceptors (Lipinski definition) is 3. The molecule has 1 aromatic carbocycles. The smallest absolute Gasteiger partial charge is 0.253 e. The minimum atomic E-state index is -0.672. The van der Waals surface area contributed by atoms with Gasteiger partial charge in [-0.15, -0.1) is 0 Å². The molecule has 0 aliphatic carbocycles. The summed E-state index contributed by atoms with van der Waals surface area (Å²) in [5, 5.41) is 7.96. The van der Waals surface area contributed by atoms with Crippen LogP contribution in [-0.2, 0) is 0 Å². The number of carbonyl (C=O) groups is 2. The van der Waals surface area contributed by atoms with Crippen LogP contribution in [0.5, 0.6) is 0 Å². The van der Waals surface area contributed by atoms with Crippen LogP contribution in [-0.4, -0.2) is 11.5 Å². The molecule has 0 saturated carbocycles. The fourth-order valence-corrected chi connectivity index (χ4v) is 1.93. The second-order valence-corrected chi connectivity index (χ2v) is 3.85. The van der Waals surface area contributed by atoms with Gasteiger partial charge in [0.15, 0.2) is 6.29 Å². The SMILES string of the molecule is N#Cc1cc(C=O)c(I)c(C(=O)Cl)c1. The molecule has 0 N–H and O–H groups in total. The fraction of sp³-hybridized carbons (Fsp3) is 0. The number of aldehydes is 1. The minimum Gasteiger partial charge on any atom is -0.298 e. The van der Waals surface area contributed by atoms with Crippen molar-refractivity contribution >= 4 is 45.7 Å². The van der Waals surface area contributed by atoms with Gasteiger partial charge in [-0.2, -0.15) is 5.26 Å². The topological polar surface area (TPSA) is 57.9 Å². The van der Waals surface area contributed by atoms with Crippen molar-refractivity contribution in [1.82, 2.24) is 0 Å². The normalized spacial score (nSPS) is 9.21. The van der Waals surface area contributed by atoms with Crippen LogP contribution in [0.15, 0.2) is 12.1 Å². The lowest BCUT2D eigenvalue weighted by atomic mass is 10.1. The van der Waals surface area contributed by atoms with Crippen LogP contribution in [0, 0.1) is 14.9 Å². The van der Waals surface area contributed by atoms with E-state index in [4.69, 9.17) is 16.9 Å². The number of hydrogen-bond donors (Lipinski definition) is 0. The van der Waals surface area contributed by atoms with Gasteiger partial charge in [0.25, 0.3) is 5.24 Å². The summed E-state index contributed by atoms with van der Waals surface area (Å²) in [6.07, 6.45) is 0.589. The summed E-state index contributed by atoms with van der Waals surface area (Å²) in [4.78, 5) is 21.5. The van der Waals surface area contributed by atoms with Crippen molar-refractivity contribution in [2.45, 2.75) is 0 Å². The van der Waals surface area contributed by atoms with Gasteiger partial charge in [0.05, 0.1) is 11.6 Å². The second-order valence-electron chi connectivity index (χ2n) is 2.43. The lowest BCUT2D eigenvalue weighted by Gasteiger charge is -2.02. The zero-order valence-corrected chi connectivity index (χ0v) is 9.67. The highest BCUT2D eigenvalue weighted by atomic mass is 127. The Hall–Kier alpha value is -0.930. The Kier molecular flexibility index (Phi) is 3.61. The van der Waals surface area contributed by atoms with Crippen LogP contribution in [0.25, 0.3) is 0 Å². The van der Waals surface area contributed by atoms with Crippen molar-refractivity contribution < 1.29 is 9.59 Å². The molecule has 0 bridgehead atoms. The zero-order chi connectivity index (χ0) is 10.7. The van der Waals surface area contributed by atoms with Gasteiger partial charge in [-0.1, -0.05) is 0 Å². The molecular weight excluding hydrogens is 316 g/mol. The van der Waals surface area contributed by atoms with Gasteiger partial charge < -0.3 is 0 Å². The Labute approximate surface area is 98.8 Å². The van der Waals surface area contributed by atoms with Crippen molar-refractivity contribution in [1.29, 1.82) is 5.26 Å². The number of carbonyl (C=O) groups excluding carboxylic acids is 2. The summed E-state index contributed by atoms with van der Waals surface area (Å²) in [5.41, 5.74) is 0.735. The number of nitrogens with zero attached hydrogens (tertiary/aromatic N) is 1. The predicted octanol–water partition coefficient (Wildman–Crippen LogP) is 2.35. The van der Waals surface area contributed by atoms with Crippen LogP contribution in [0.1, 0.15) is 26.3 Å². The molecule has 1 rings (SSSR count). The van der Waals surface area contributed by atoms with Gasteiger partial charge >= 0.3 is 0 Å². The van der Waals surface area contributed by atoms with Crippen LogP contribution >= 0.6 is 34.2 Å². The minimum absolute atomic E-state index is 0.188.